The van der Waals surface area contributed by atoms with E-state index < -0.39 is 18.1 Å². The smallest absolute Gasteiger partial charge is 0.326 e. The zero-order valence-corrected chi connectivity index (χ0v) is 12.4. The number of β-amino-alcohol motifs (C(OH)–C–C–N with tert-alkyl or cyclic N) is 1. The van der Waals surface area contributed by atoms with Crippen molar-refractivity contribution in [3.8, 4) is 0 Å². The summed E-state index contributed by atoms with van der Waals surface area (Å²) in [5, 5.41) is 24.0. The number of carbonyl (C=O) groups excluding carboxylic acids is 1. The van der Waals surface area contributed by atoms with Gasteiger partial charge >= 0.3 is 5.97 Å². The number of aryl methyl sites for hydroxylation is 2. The van der Waals surface area contributed by atoms with Crippen molar-refractivity contribution in [2.45, 2.75) is 25.5 Å². The van der Waals surface area contributed by atoms with Crippen LogP contribution in [0.4, 0.5) is 0 Å². The van der Waals surface area contributed by atoms with Crippen molar-refractivity contribution in [2.75, 3.05) is 6.54 Å². The largest absolute Gasteiger partial charge is 0.480 e. The number of nitrogens with zero attached hydrogens (tertiary/aromatic N) is 3. The van der Waals surface area contributed by atoms with Gasteiger partial charge in [0.25, 0.3) is 5.91 Å². The number of aromatic nitrogens is 2. The van der Waals surface area contributed by atoms with Crippen LogP contribution in [-0.2, 0) is 11.8 Å². The summed E-state index contributed by atoms with van der Waals surface area (Å²) in [6.07, 6.45) is -0.708. The van der Waals surface area contributed by atoms with E-state index in [-0.39, 0.29) is 18.9 Å². The number of aliphatic carboxylic acids is 1. The first-order valence-corrected chi connectivity index (χ1v) is 7.35. The third-order valence-corrected chi connectivity index (χ3v) is 4.92. The van der Waals surface area contributed by atoms with Crippen LogP contribution in [0.2, 0.25) is 0 Å². The molecule has 0 aromatic carbocycles. The first-order chi connectivity index (χ1) is 9.88. The van der Waals surface area contributed by atoms with E-state index in [0.717, 1.165) is 15.9 Å². The molecule has 1 fully saturated rings. The highest BCUT2D eigenvalue weighted by molar-refractivity contribution is 7.20. The summed E-state index contributed by atoms with van der Waals surface area (Å²) in [7, 11) is 1.81. The number of fused-ring (bicyclic) bond motifs is 1. The van der Waals surface area contributed by atoms with Gasteiger partial charge in [-0.1, -0.05) is 0 Å². The van der Waals surface area contributed by atoms with E-state index in [9.17, 15) is 14.7 Å². The molecular weight excluding hydrogens is 294 g/mol. The van der Waals surface area contributed by atoms with Gasteiger partial charge in [0.2, 0.25) is 0 Å². The summed E-state index contributed by atoms with van der Waals surface area (Å²) < 4.78 is 1.71. The fraction of sp³-hybridized carbons (Fsp3) is 0.462. The van der Waals surface area contributed by atoms with Crippen molar-refractivity contribution >= 4 is 33.4 Å². The fourth-order valence-corrected chi connectivity index (χ4v) is 3.80. The van der Waals surface area contributed by atoms with Crippen LogP contribution < -0.4 is 0 Å². The maximum absolute atomic E-state index is 12.5. The number of hydrogen-bond acceptors (Lipinski definition) is 5. The third kappa shape index (κ3) is 2.20. The number of carboxylic acid groups (broad SMARTS) is 1. The Balaban J connectivity index is 1.96. The summed E-state index contributed by atoms with van der Waals surface area (Å²) in [4.78, 5) is 26.3. The lowest BCUT2D eigenvalue weighted by atomic mass is 10.2. The van der Waals surface area contributed by atoms with E-state index in [4.69, 9.17) is 5.11 Å². The van der Waals surface area contributed by atoms with Gasteiger partial charge < -0.3 is 15.1 Å². The topological polar surface area (TPSA) is 95.7 Å². The second-order valence-corrected chi connectivity index (χ2v) is 6.27. The number of aliphatic hydroxyl groups excluding tert-OH is 1. The van der Waals surface area contributed by atoms with Crippen LogP contribution in [0.15, 0.2) is 6.07 Å². The van der Waals surface area contributed by atoms with Crippen LogP contribution in [0.1, 0.15) is 21.8 Å². The van der Waals surface area contributed by atoms with Crippen LogP contribution in [0.25, 0.3) is 10.2 Å². The molecule has 1 unspecified atom stereocenters. The molecule has 8 heteroatoms. The van der Waals surface area contributed by atoms with Gasteiger partial charge in [-0.25, -0.2) is 4.79 Å². The number of aliphatic hydroxyl groups is 1. The van der Waals surface area contributed by atoms with Crippen LogP contribution in [0.3, 0.4) is 0 Å². The second-order valence-electron chi connectivity index (χ2n) is 5.24. The zero-order valence-electron chi connectivity index (χ0n) is 11.6. The van der Waals surface area contributed by atoms with Crippen molar-refractivity contribution in [3.05, 3.63) is 16.6 Å². The number of likely N-dealkylation sites (tertiary alicyclic amines) is 1. The van der Waals surface area contributed by atoms with E-state index in [0.29, 0.717) is 4.88 Å². The first kappa shape index (κ1) is 14.0. The average molecular weight is 309 g/mol. The minimum absolute atomic E-state index is 0.0568. The van der Waals surface area contributed by atoms with E-state index >= 15 is 0 Å². The predicted molar refractivity (Wildman–Crippen MR) is 76.4 cm³/mol. The molecule has 0 saturated carbocycles. The van der Waals surface area contributed by atoms with Crippen molar-refractivity contribution < 1.29 is 19.8 Å². The highest BCUT2D eigenvalue weighted by Gasteiger charge is 2.39. The van der Waals surface area contributed by atoms with E-state index in [1.165, 1.54) is 16.2 Å². The number of carbonyl (C=O) groups is 2. The molecule has 2 atom stereocenters. The molecule has 21 heavy (non-hydrogen) atoms. The van der Waals surface area contributed by atoms with E-state index in [1.54, 1.807) is 17.8 Å². The Bertz CT molecular complexity index is 701. The van der Waals surface area contributed by atoms with Crippen LogP contribution in [0, 0.1) is 6.92 Å². The molecule has 0 aliphatic carbocycles. The van der Waals surface area contributed by atoms with Gasteiger partial charge in [0.15, 0.2) is 0 Å². The molecule has 3 rings (SSSR count). The van der Waals surface area contributed by atoms with Crippen LogP contribution in [-0.4, -0.2) is 55.5 Å². The molecule has 1 aliphatic heterocycles. The maximum atomic E-state index is 12.5. The molecule has 0 bridgehead atoms. The molecule has 3 heterocycles. The van der Waals surface area contributed by atoms with Gasteiger partial charge in [-0.3, -0.25) is 9.48 Å². The Morgan fingerprint density at radius 1 is 1.48 bits per heavy atom. The summed E-state index contributed by atoms with van der Waals surface area (Å²) >= 11 is 1.29. The minimum atomic E-state index is -1.08. The summed E-state index contributed by atoms with van der Waals surface area (Å²) in [6.45, 7) is 1.92. The molecule has 0 spiro atoms. The summed E-state index contributed by atoms with van der Waals surface area (Å²) in [6, 6.07) is 0.783. The summed E-state index contributed by atoms with van der Waals surface area (Å²) in [5.74, 6) is -1.43. The van der Waals surface area contributed by atoms with Gasteiger partial charge in [-0.05, 0) is 13.0 Å². The molecule has 2 N–H and O–H groups in total. The zero-order chi connectivity index (χ0) is 15.3. The Morgan fingerprint density at radius 3 is 2.81 bits per heavy atom. The highest BCUT2D eigenvalue weighted by Crippen LogP contribution is 2.30. The number of rotatable bonds is 2. The Kier molecular flexibility index (Phi) is 3.22. The van der Waals surface area contributed by atoms with Crippen molar-refractivity contribution in [3.63, 3.8) is 0 Å². The molecule has 1 amide bonds. The number of thiophene rings is 1. The fourth-order valence-electron chi connectivity index (χ4n) is 2.72. The number of hydrogen-bond donors (Lipinski definition) is 2. The van der Waals surface area contributed by atoms with Crippen molar-refractivity contribution in [1.82, 2.24) is 14.7 Å². The SMILES string of the molecule is Cc1nn(C)c2sc(C(=O)N3CC(O)C[C@H]3C(=O)O)cc12. The third-order valence-electron chi connectivity index (χ3n) is 3.73. The van der Waals surface area contributed by atoms with E-state index in [2.05, 4.69) is 5.10 Å². The molecule has 2 aromatic rings. The molecule has 2 aromatic heterocycles. The molecule has 0 radical (unpaired) electrons. The molecule has 1 saturated heterocycles. The number of carboxylic acids is 1. The van der Waals surface area contributed by atoms with Gasteiger partial charge in [0, 0.05) is 25.4 Å². The highest BCUT2D eigenvalue weighted by atomic mass is 32.1. The average Bonchev–Trinajstić information content (AvgIpc) is 3.06. The lowest BCUT2D eigenvalue weighted by Crippen LogP contribution is -2.40. The quantitative estimate of drug-likeness (QED) is 0.847. The lowest BCUT2D eigenvalue weighted by molar-refractivity contribution is -0.141. The Hall–Kier alpha value is -1.93. The minimum Gasteiger partial charge on any atom is -0.480 e. The lowest BCUT2D eigenvalue weighted by Gasteiger charge is -2.20. The molecule has 7 nitrogen and oxygen atoms in total. The van der Waals surface area contributed by atoms with E-state index in [1.807, 2.05) is 6.92 Å². The van der Waals surface area contributed by atoms with Crippen LogP contribution >= 0.6 is 11.3 Å². The second kappa shape index (κ2) is 4.81. The summed E-state index contributed by atoms with van der Waals surface area (Å²) in [5.41, 5.74) is 0.832. The molecule has 112 valence electrons. The normalized spacial score (nSPS) is 22.1. The Labute approximate surface area is 124 Å². The van der Waals surface area contributed by atoms with Gasteiger partial charge in [0.05, 0.1) is 16.7 Å². The van der Waals surface area contributed by atoms with Gasteiger partial charge in [0.1, 0.15) is 10.9 Å². The molecular formula is C13H15N3O4S. The van der Waals surface area contributed by atoms with Gasteiger partial charge in [-0.15, -0.1) is 11.3 Å². The van der Waals surface area contributed by atoms with Crippen molar-refractivity contribution in [1.29, 1.82) is 0 Å². The first-order valence-electron chi connectivity index (χ1n) is 6.53. The van der Waals surface area contributed by atoms with Gasteiger partial charge in [-0.2, -0.15) is 5.10 Å². The maximum Gasteiger partial charge on any atom is 0.326 e. The van der Waals surface area contributed by atoms with Crippen LogP contribution in [0.5, 0.6) is 0 Å². The van der Waals surface area contributed by atoms with Crippen molar-refractivity contribution in [2.24, 2.45) is 7.05 Å². The standard InChI is InChI=1S/C13H15N3O4S/c1-6-8-4-10(21-12(8)15(2)14-6)11(18)16-5-7(17)3-9(16)13(19)20/h4,7,9,17H,3,5H2,1-2H3,(H,19,20)/t7?,9-/m0/s1. The Morgan fingerprint density at radius 2 is 2.19 bits per heavy atom. The monoisotopic (exact) mass is 309 g/mol. The number of amides is 1. The molecule has 1 aliphatic rings. The predicted octanol–water partition coefficient (Wildman–Crippen LogP) is 0.603.